The van der Waals surface area contributed by atoms with E-state index in [4.69, 9.17) is 24.7 Å². The number of benzene rings is 2. The van der Waals surface area contributed by atoms with Gasteiger partial charge in [-0.3, -0.25) is 4.79 Å². The lowest BCUT2D eigenvalue weighted by Crippen LogP contribution is -2.15. The van der Waals surface area contributed by atoms with Crippen LogP contribution in [0.1, 0.15) is 45.1 Å². The molecule has 2 aromatic heterocycles. The number of carbonyl (C=O) groups is 3. The quantitative estimate of drug-likeness (QED) is 0.353. The van der Waals surface area contributed by atoms with Gasteiger partial charge in [0.15, 0.2) is 0 Å². The average molecular weight is 504 g/mol. The topological polar surface area (TPSA) is 132 Å². The van der Waals surface area contributed by atoms with Crippen LogP contribution in [0.15, 0.2) is 60.8 Å². The van der Waals surface area contributed by atoms with E-state index in [2.05, 4.69) is 4.98 Å². The van der Waals surface area contributed by atoms with Gasteiger partial charge in [0.25, 0.3) is 5.91 Å². The molecule has 0 spiro atoms. The molecule has 2 N–H and O–H groups in total. The van der Waals surface area contributed by atoms with Crippen LogP contribution in [0, 0.1) is 0 Å². The van der Waals surface area contributed by atoms with E-state index in [0.29, 0.717) is 22.3 Å². The summed E-state index contributed by atoms with van der Waals surface area (Å²) in [5.41, 5.74) is 6.60. The van der Waals surface area contributed by atoms with Crippen molar-refractivity contribution in [3.05, 3.63) is 77.6 Å². The monoisotopic (exact) mass is 503 g/mol. The Morgan fingerprint density at radius 1 is 0.919 bits per heavy atom. The number of primary amides is 1. The molecule has 4 rings (SSSR count). The third-order valence-corrected chi connectivity index (χ3v) is 5.42. The number of pyridine rings is 1. The Morgan fingerprint density at radius 3 is 2.22 bits per heavy atom. The summed E-state index contributed by atoms with van der Waals surface area (Å²) < 4.78 is 23.2. The predicted molar refractivity (Wildman–Crippen MR) is 135 cm³/mol. The fraction of sp³-hybridized carbons (Fsp3) is 0.185. The number of rotatable bonds is 8. The van der Waals surface area contributed by atoms with E-state index in [1.54, 1.807) is 53.1 Å². The summed E-state index contributed by atoms with van der Waals surface area (Å²) in [6.07, 6.45) is 1.45. The van der Waals surface area contributed by atoms with E-state index in [9.17, 15) is 14.4 Å². The largest absolute Gasteiger partial charge is 0.491 e. The van der Waals surface area contributed by atoms with Gasteiger partial charge >= 0.3 is 11.9 Å². The highest BCUT2D eigenvalue weighted by Crippen LogP contribution is 2.35. The predicted octanol–water partition coefficient (Wildman–Crippen LogP) is 4.28. The Balaban J connectivity index is 1.93. The van der Waals surface area contributed by atoms with Crippen LogP contribution in [-0.2, 0) is 9.47 Å². The molecule has 37 heavy (non-hydrogen) atoms. The van der Waals surface area contributed by atoms with E-state index in [-0.39, 0.29) is 34.6 Å². The molecule has 0 saturated carbocycles. The summed E-state index contributed by atoms with van der Waals surface area (Å²) >= 11 is 0. The number of aromatic nitrogens is 2. The normalized spacial score (nSPS) is 10.8. The molecule has 10 nitrogen and oxygen atoms in total. The number of methoxy groups -OCH3 is 2. The van der Waals surface area contributed by atoms with Crippen molar-refractivity contribution in [2.75, 3.05) is 14.2 Å². The molecule has 0 unspecified atom stereocenters. The van der Waals surface area contributed by atoms with Crippen molar-refractivity contribution >= 4 is 28.7 Å². The Labute approximate surface area is 212 Å². The van der Waals surface area contributed by atoms with E-state index in [1.807, 2.05) is 13.8 Å². The van der Waals surface area contributed by atoms with Crippen LogP contribution in [0.2, 0.25) is 0 Å². The van der Waals surface area contributed by atoms with Crippen molar-refractivity contribution < 1.29 is 33.3 Å². The number of hydrogen-bond acceptors (Lipinski definition) is 8. The van der Waals surface area contributed by atoms with Crippen LogP contribution in [0.4, 0.5) is 0 Å². The first-order chi connectivity index (χ1) is 17.7. The molecule has 0 aliphatic carbocycles. The van der Waals surface area contributed by atoms with Crippen LogP contribution in [0.25, 0.3) is 16.6 Å². The van der Waals surface area contributed by atoms with E-state index < -0.39 is 17.8 Å². The van der Waals surface area contributed by atoms with Crippen LogP contribution < -0.4 is 15.2 Å². The third-order valence-electron chi connectivity index (χ3n) is 5.42. The van der Waals surface area contributed by atoms with Crippen molar-refractivity contribution in [2.24, 2.45) is 5.73 Å². The number of nitrogens with two attached hydrogens (primary N) is 1. The lowest BCUT2D eigenvalue weighted by molar-refractivity contribution is 0.0551. The van der Waals surface area contributed by atoms with E-state index >= 15 is 0 Å². The molecule has 10 heteroatoms. The van der Waals surface area contributed by atoms with Crippen LogP contribution in [-0.4, -0.2) is 47.7 Å². The fourth-order valence-electron chi connectivity index (χ4n) is 3.92. The molecule has 2 heterocycles. The first kappa shape index (κ1) is 25.2. The van der Waals surface area contributed by atoms with Gasteiger partial charge in [-0.25, -0.2) is 14.6 Å². The minimum Gasteiger partial charge on any atom is -0.491 e. The zero-order chi connectivity index (χ0) is 26.7. The van der Waals surface area contributed by atoms with Crippen molar-refractivity contribution in [2.45, 2.75) is 20.0 Å². The van der Waals surface area contributed by atoms with Crippen molar-refractivity contribution in [3.8, 4) is 23.1 Å². The second-order valence-electron chi connectivity index (χ2n) is 8.20. The van der Waals surface area contributed by atoms with Crippen molar-refractivity contribution in [1.29, 1.82) is 0 Å². The van der Waals surface area contributed by atoms with Gasteiger partial charge in [0, 0.05) is 17.3 Å². The minimum absolute atomic E-state index is 0.00216. The summed E-state index contributed by atoms with van der Waals surface area (Å²) in [5, 5.41) is 0.365. The summed E-state index contributed by atoms with van der Waals surface area (Å²) in [5.74, 6) is -1.27. The molecule has 0 atom stereocenters. The van der Waals surface area contributed by atoms with Crippen molar-refractivity contribution in [3.63, 3.8) is 0 Å². The zero-order valence-corrected chi connectivity index (χ0v) is 20.7. The number of nitrogens with zero attached hydrogens (tertiary/aromatic N) is 2. The van der Waals surface area contributed by atoms with Gasteiger partial charge in [-0.1, -0.05) is 0 Å². The van der Waals surface area contributed by atoms with Gasteiger partial charge in [-0.05, 0) is 68.4 Å². The standard InChI is InChI=1S/C27H25N3O7/c1-15(2)36-17-9-7-16(8-10-17)30-21-12-11-18(37-25-19(24(28)31)6-5-13-29-25)14-20(21)22(26(32)34-3)23(30)27(33)35-4/h5-15H,1-4H3,(H2,28,31). The number of esters is 2. The van der Waals surface area contributed by atoms with Gasteiger partial charge in [-0.15, -0.1) is 0 Å². The van der Waals surface area contributed by atoms with E-state index in [0.717, 1.165) is 0 Å². The molecule has 4 aromatic rings. The van der Waals surface area contributed by atoms with Crippen LogP contribution >= 0.6 is 0 Å². The zero-order valence-electron chi connectivity index (χ0n) is 20.7. The Bertz CT molecular complexity index is 1490. The van der Waals surface area contributed by atoms with Crippen molar-refractivity contribution in [1.82, 2.24) is 9.55 Å². The molecule has 0 aliphatic rings. The first-order valence-electron chi connectivity index (χ1n) is 11.3. The summed E-state index contributed by atoms with van der Waals surface area (Å²) in [7, 11) is 2.45. The Kier molecular flexibility index (Phi) is 7.10. The Morgan fingerprint density at radius 2 is 1.59 bits per heavy atom. The summed E-state index contributed by atoms with van der Waals surface area (Å²) in [6.45, 7) is 3.84. The maximum absolute atomic E-state index is 13.0. The summed E-state index contributed by atoms with van der Waals surface area (Å²) in [4.78, 5) is 41.7. The SMILES string of the molecule is COC(=O)c1c(C(=O)OC)n(-c2ccc(OC(C)C)cc2)c2ccc(Oc3ncccc3C(N)=O)cc12. The molecular weight excluding hydrogens is 478 g/mol. The third kappa shape index (κ3) is 4.94. The fourth-order valence-corrected chi connectivity index (χ4v) is 3.92. The average Bonchev–Trinajstić information content (AvgIpc) is 3.22. The van der Waals surface area contributed by atoms with Crippen LogP contribution in [0.3, 0.4) is 0 Å². The van der Waals surface area contributed by atoms with Crippen LogP contribution in [0.5, 0.6) is 17.4 Å². The molecule has 0 aliphatic heterocycles. The van der Waals surface area contributed by atoms with Gasteiger partial charge < -0.3 is 29.2 Å². The highest BCUT2D eigenvalue weighted by Gasteiger charge is 2.30. The molecular formula is C27H25N3O7. The molecule has 190 valence electrons. The number of fused-ring (bicyclic) bond motifs is 1. The van der Waals surface area contributed by atoms with Gasteiger partial charge in [-0.2, -0.15) is 0 Å². The molecule has 0 fully saturated rings. The Hall–Kier alpha value is -4.86. The van der Waals surface area contributed by atoms with Gasteiger partial charge in [0.05, 0.1) is 25.8 Å². The molecule has 2 aromatic carbocycles. The molecule has 0 radical (unpaired) electrons. The highest BCUT2D eigenvalue weighted by atomic mass is 16.5. The van der Waals surface area contributed by atoms with Gasteiger partial charge in [0.1, 0.15) is 28.3 Å². The number of hydrogen-bond donors (Lipinski definition) is 1. The lowest BCUT2D eigenvalue weighted by atomic mass is 10.1. The maximum Gasteiger partial charge on any atom is 0.355 e. The smallest absolute Gasteiger partial charge is 0.355 e. The number of ether oxygens (including phenoxy) is 4. The molecule has 1 amide bonds. The highest BCUT2D eigenvalue weighted by molar-refractivity contribution is 6.14. The minimum atomic E-state index is -0.739. The van der Waals surface area contributed by atoms with E-state index in [1.165, 1.54) is 26.5 Å². The van der Waals surface area contributed by atoms with Gasteiger partial charge in [0.2, 0.25) is 5.88 Å². The first-order valence-corrected chi connectivity index (χ1v) is 11.3. The molecule has 0 saturated heterocycles. The second kappa shape index (κ2) is 10.4. The number of amides is 1. The molecule has 0 bridgehead atoms. The second-order valence-corrected chi connectivity index (χ2v) is 8.20. The summed E-state index contributed by atoms with van der Waals surface area (Å²) in [6, 6.07) is 15.0. The lowest BCUT2D eigenvalue weighted by Gasteiger charge is -2.13. The maximum atomic E-state index is 13.0. The number of carbonyl (C=O) groups excluding carboxylic acids is 3.